The molecule has 1 rings (SSSR count). The predicted octanol–water partition coefficient (Wildman–Crippen LogP) is 4.55. The summed E-state index contributed by atoms with van der Waals surface area (Å²) in [5.74, 6) is 0.437. The molecular formula is C20H29NO4S. The van der Waals surface area contributed by atoms with E-state index in [2.05, 4.69) is 6.58 Å². The number of thioether (sulfide) groups is 1. The molecule has 5 nitrogen and oxygen atoms in total. The number of aldehydes is 1. The molecular weight excluding hydrogens is 350 g/mol. The monoisotopic (exact) mass is 379 g/mol. The molecule has 1 aliphatic carbocycles. The Bertz CT molecular complexity index is 615. The van der Waals surface area contributed by atoms with E-state index >= 15 is 0 Å². The fourth-order valence-corrected chi connectivity index (χ4v) is 2.91. The molecule has 0 saturated heterocycles. The average Bonchev–Trinajstić information content (AvgIpc) is 3.40. The molecule has 0 aliphatic heterocycles. The van der Waals surface area contributed by atoms with Crippen LogP contribution >= 0.6 is 11.8 Å². The van der Waals surface area contributed by atoms with E-state index in [0.717, 1.165) is 29.7 Å². The minimum Gasteiger partial charge on any atom is -0.493 e. The van der Waals surface area contributed by atoms with Gasteiger partial charge in [-0.25, -0.2) is 4.79 Å². The van der Waals surface area contributed by atoms with Crippen molar-refractivity contribution >= 4 is 24.0 Å². The molecule has 0 unspecified atom stereocenters. The number of rotatable bonds is 12. The molecule has 0 radical (unpaired) electrons. The van der Waals surface area contributed by atoms with Gasteiger partial charge in [0.05, 0.1) is 16.5 Å². The third-order valence-corrected chi connectivity index (χ3v) is 5.44. The zero-order valence-corrected chi connectivity index (χ0v) is 16.8. The summed E-state index contributed by atoms with van der Waals surface area (Å²) in [6, 6.07) is 0. The van der Waals surface area contributed by atoms with E-state index in [4.69, 9.17) is 4.74 Å². The van der Waals surface area contributed by atoms with Gasteiger partial charge in [-0.05, 0) is 36.8 Å². The molecule has 1 fully saturated rings. The second-order valence-corrected chi connectivity index (χ2v) is 7.76. The van der Waals surface area contributed by atoms with Crippen molar-refractivity contribution in [1.29, 1.82) is 0 Å². The highest BCUT2D eigenvalue weighted by molar-refractivity contribution is 8.07. The van der Waals surface area contributed by atoms with Crippen LogP contribution in [0, 0.1) is 11.8 Å². The molecule has 0 aromatic heterocycles. The van der Waals surface area contributed by atoms with E-state index in [9.17, 15) is 14.7 Å². The van der Waals surface area contributed by atoms with Crippen LogP contribution in [0.4, 0.5) is 0 Å². The summed E-state index contributed by atoms with van der Waals surface area (Å²) in [4.78, 5) is 24.3. The summed E-state index contributed by atoms with van der Waals surface area (Å²) < 4.78 is 5.63. The molecule has 144 valence electrons. The predicted molar refractivity (Wildman–Crippen MR) is 106 cm³/mol. The van der Waals surface area contributed by atoms with Crippen LogP contribution in [0.5, 0.6) is 0 Å². The van der Waals surface area contributed by atoms with Crippen LogP contribution in [0.1, 0.15) is 40.0 Å². The lowest BCUT2D eigenvalue weighted by molar-refractivity contribution is -0.131. The first-order chi connectivity index (χ1) is 12.3. The minimum atomic E-state index is -0.954. The van der Waals surface area contributed by atoms with Crippen molar-refractivity contribution in [2.75, 3.05) is 13.7 Å². The highest BCUT2D eigenvalue weighted by atomic mass is 32.2. The summed E-state index contributed by atoms with van der Waals surface area (Å²) in [6.07, 6.45) is 9.00. The quantitative estimate of drug-likeness (QED) is 0.232. The number of ether oxygens (including phenoxy) is 1. The maximum Gasteiger partial charge on any atom is 0.342 e. The molecule has 0 heterocycles. The van der Waals surface area contributed by atoms with Crippen LogP contribution < -0.4 is 0 Å². The van der Waals surface area contributed by atoms with Gasteiger partial charge in [0.1, 0.15) is 12.0 Å². The highest BCUT2D eigenvalue weighted by Gasteiger charge is 2.20. The van der Waals surface area contributed by atoms with Gasteiger partial charge in [-0.1, -0.05) is 45.0 Å². The second-order valence-electron chi connectivity index (χ2n) is 6.68. The fourth-order valence-electron chi connectivity index (χ4n) is 1.98. The molecule has 6 heteroatoms. The standard InChI is InChI=1S/C20H29NO4S/c1-14(2)15(3)19(20(23)24)26-16(4)21(5)11-8-18(9-12-22)25-13-10-17-6-7-17/h8-9,11-12,14,17H,4,6-7,10,13H2,1-3,5H3,(H,23,24)/b11-8-,18-9+,19-15-. The van der Waals surface area contributed by atoms with Crippen molar-refractivity contribution in [3.63, 3.8) is 0 Å². The van der Waals surface area contributed by atoms with Crippen molar-refractivity contribution in [2.45, 2.75) is 40.0 Å². The van der Waals surface area contributed by atoms with Crippen molar-refractivity contribution in [3.8, 4) is 0 Å². The van der Waals surface area contributed by atoms with Gasteiger partial charge in [-0.3, -0.25) is 4.79 Å². The first kappa shape index (κ1) is 22.1. The second kappa shape index (κ2) is 10.9. The molecule has 1 N–H and O–H groups in total. The van der Waals surface area contributed by atoms with Crippen molar-refractivity contribution < 1.29 is 19.4 Å². The lowest BCUT2D eigenvalue weighted by Crippen LogP contribution is -2.10. The molecule has 26 heavy (non-hydrogen) atoms. The van der Waals surface area contributed by atoms with Crippen LogP contribution in [-0.2, 0) is 14.3 Å². The first-order valence-corrected chi connectivity index (χ1v) is 9.58. The Kier molecular flexibility index (Phi) is 9.27. The van der Waals surface area contributed by atoms with Crippen molar-refractivity contribution in [3.05, 3.63) is 46.2 Å². The van der Waals surface area contributed by atoms with E-state index in [1.807, 2.05) is 20.8 Å². The molecule has 0 aromatic rings. The lowest BCUT2D eigenvalue weighted by Gasteiger charge is -2.19. The number of carbonyl (C=O) groups excluding carboxylic acids is 1. The normalized spacial score (nSPS) is 15.8. The van der Waals surface area contributed by atoms with Gasteiger partial charge in [0, 0.05) is 19.3 Å². The van der Waals surface area contributed by atoms with Crippen LogP contribution in [-0.4, -0.2) is 35.9 Å². The Morgan fingerprint density at radius 1 is 1.42 bits per heavy atom. The van der Waals surface area contributed by atoms with Crippen LogP contribution in [0.25, 0.3) is 0 Å². The van der Waals surface area contributed by atoms with E-state index in [1.54, 1.807) is 24.2 Å². The highest BCUT2D eigenvalue weighted by Crippen LogP contribution is 2.33. The summed E-state index contributed by atoms with van der Waals surface area (Å²) in [5, 5.41) is 10.0. The van der Waals surface area contributed by atoms with Gasteiger partial charge in [0.15, 0.2) is 0 Å². The third-order valence-electron chi connectivity index (χ3n) is 4.22. The number of aliphatic carboxylic acids is 1. The maximum absolute atomic E-state index is 11.5. The van der Waals surface area contributed by atoms with Gasteiger partial charge >= 0.3 is 5.97 Å². The zero-order valence-electron chi connectivity index (χ0n) is 16.0. The number of carboxylic acids is 1. The Balaban J connectivity index is 2.68. The molecule has 0 bridgehead atoms. The van der Waals surface area contributed by atoms with Gasteiger partial charge in [0.2, 0.25) is 0 Å². The summed E-state index contributed by atoms with van der Waals surface area (Å²) >= 11 is 1.12. The number of carboxylic acid groups (broad SMARTS) is 1. The Labute approximate surface area is 160 Å². The van der Waals surface area contributed by atoms with Crippen molar-refractivity contribution in [1.82, 2.24) is 4.90 Å². The Morgan fingerprint density at radius 2 is 2.08 bits per heavy atom. The molecule has 0 atom stereocenters. The fraction of sp³-hybridized carbons (Fsp3) is 0.500. The topological polar surface area (TPSA) is 66.8 Å². The summed E-state index contributed by atoms with van der Waals surface area (Å²) in [7, 11) is 1.78. The number of hydrogen-bond acceptors (Lipinski definition) is 5. The minimum absolute atomic E-state index is 0.143. The third kappa shape index (κ3) is 7.95. The van der Waals surface area contributed by atoms with Crippen LogP contribution in [0.2, 0.25) is 0 Å². The van der Waals surface area contributed by atoms with E-state index in [0.29, 0.717) is 23.7 Å². The maximum atomic E-state index is 11.5. The smallest absolute Gasteiger partial charge is 0.342 e. The molecule has 0 spiro atoms. The van der Waals surface area contributed by atoms with Gasteiger partial charge in [-0.15, -0.1) is 0 Å². The van der Waals surface area contributed by atoms with Crippen LogP contribution in [0.3, 0.4) is 0 Å². The first-order valence-electron chi connectivity index (χ1n) is 8.76. The Hall–Kier alpha value is -1.95. The van der Waals surface area contributed by atoms with E-state index in [-0.39, 0.29) is 10.8 Å². The summed E-state index contributed by atoms with van der Waals surface area (Å²) in [6.45, 7) is 10.3. The van der Waals surface area contributed by atoms with E-state index < -0.39 is 5.97 Å². The van der Waals surface area contributed by atoms with E-state index in [1.165, 1.54) is 18.9 Å². The van der Waals surface area contributed by atoms with Crippen molar-refractivity contribution in [2.24, 2.45) is 11.8 Å². The molecule has 0 amide bonds. The molecule has 0 aromatic carbocycles. The summed E-state index contributed by atoms with van der Waals surface area (Å²) in [5.41, 5.74) is 0.811. The largest absolute Gasteiger partial charge is 0.493 e. The number of nitrogens with zero attached hydrogens (tertiary/aromatic N) is 1. The number of carbonyl (C=O) groups is 2. The lowest BCUT2D eigenvalue weighted by atomic mass is 10.1. The molecule has 1 aliphatic rings. The SMILES string of the molecule is C=C(S/C(C(=O)O)=C(/C)C(C)C)N(C)/C=C\C(=C/C=O)OCCC1CC1. The van der Waals surface area contributed by atoms with Gasteiger partial charge in [-0.2, -0.15) is 0 Å². The van der Waals surface area contributed by atoms with Crippen LogP contribution in [0.15, 0.2) is 46.2 Å². The Morgan fingerprint density at radius 3 is 2.58 bits per heavy atom. The van der Waals surface area contributed by atoms with Gasteiger partial charge < -0.3 is 14.7 Å². The number of allylic oxidation sites excluding steroid dienone is 3. The molecule has 1 saturated carbocycles. The van der Waals surface area contributed by atoms with Gasteiger partial charge in [0.25, 0.3) is 0 Å². The zero-order chi connectivity index (χ0) is 19.7. The average molecular weight is 380 g/mol. The number of hydrogen-bond donors (Lipinski definition) is 1.